The number of carbonyl (C=O) groups is 2. The lowest BCUT2D eigenvalue weighted by atomic mass is 9.74. The fourth-order valence-corrected chi connectivity index (χ4v) is 5.16. The Kier molecular flexibility index (Phi) is 6.47. The van der Waals surface area contributed by atoms with Crippen LogP contribution in [0.5, 0.6) is 0 Å². The molecule has 160 valence electrons. The molecule has 1 N–H and O–H groups in total. The third-order valence-electron chi connectivity index (χ3n) is 6.02. The summed E-state index contributed by atoms with van der Waals surface area (Å²) in [6.45, 7) is 1.13. The minimum Gasteiger partial charge on any atom is -0.359 e. The minimum atomic E-state index is -0.609. The van der Waals surface area contributed by atoms with Gasteiger partial charge in [-0.3, -0.25) is 14.6 Å². The van der Waals surface area contributed by atoms with Gasteiger partial charge in [0.25, 0.3) is 0 Å². The molecule has 1 fully saturated rings. The highest BCUT2D eigenvalue weighted by Gasteiger charge is 2.43. The number of nitrogens with one attached hydrogen (secondary N) is 1. The molecule has 1 aliphatic rings. The van der Waals surface area contributed by atoms with Gasteiger partial charge >= 0.3 is 0 Å². The van der Waals surface area contributed by atoms with Crippen molar-refractivity contribution in [2.45, 2.75) is 25.7 Å². The standard InChI is InChI=1S/C25H27N3O2S/c1-26-24(30)25(16-19-7-9-21(10-8-19)22-6-3-14-31-22)11-4-13-28(18-25)23(29)15-20-5-2-12-27-17-20/h2-3,5-10,12,14,17H,4,11,13,15-16,18H2,1H3,(H,26,30)/t25-/m0/s1. The van der Waals surface area contributed by atoms with Crippen LogP contribution in [-0.4, -0.2) is 41.8 Å². The monoisotopic (exact) mass is 433 g/mol. The van der Waals surface area contributed by atoms with Crippen molar-refractivity contribution in [3.8, 4) is 10.4 Å². The number of hydrogen-bond donors (Lipinski definition) is 1. The molecule has 1 saturated heterocycles. The van der Waals surface area contributed by atoms with Crippen LogP contribution in [0.3, 0.4) is 0 Å². The summed E-state index contributed by atoms with van der Waals surface area (Å²) in [5.41, 5.74) is 2.59. The van der Waals surface area contributed by atoms with Crippen LogP contribution in [0.15, 0.2) is 66.3 Å². The summed E-state index contributed by atoms with van der Waals surface area (Å²) < 4.78 is 0. The van der Waals surface area contributed by atoms with Gasteiger partial charge in [0.05, 0.1) is 11.8 Å². The summed E-state index contributed by atoms with van der Waals surface area (Å²) in [7, 11) is 1.68. The number of aromatic nitrogens is 1. The highest BCUT2D eigenvalue weighted by molar-refractivity contribution is 7.13. The number of pyridine rings is 1. The fourth-order valence-electron chi connectivity index (χ4n) is 4.43. The fraction of sp³-hybridized carbons (Fsp3) is 0.320. The van der Waals surface area contributed by atoms with Crippen molar-refractivity contribution in [3.63, 3.8) is 0 Å². The largest absolute Gasteiger partial charge is 0.359 e. The lowest BCUT2D eigenvalue weighted by Gasteiger charge is -2.41. The zero-order chi connectivity index (χ0) is 21.7. The van der Waals surface area contributed by atoms with Gasteiger partial charge in [-0.15, -0.1) is 11.3 Å². The molecule has 0 bridgehead atoms. The third kappa shape index (κ3) is 4.85. The predicted octanol–water partition coefficient (Wildman–Crippen LogP) is 3.95. The first kappa shape index (κ1) is 21.2. The summed E-state index contributed by atoms with van der Waals surface area (Å²) in [4.78, 5) is 33.2. The Balaban J connectivity index is 1.51. The summed E-state index contributed by atoms with van der Waals surface area (Å²) in [6, 6.07) is 16.4. The van der Waals surface area contributed by atoms with E-state index in [1.165, 1.54) is 10.4 Å². The van der Waals surface area contributed by atoms with Crippen molar-refractivity contribution >= 4 is 23.2 Å². The second-order valence-electron chi connectivity index (χ2n) is 8.17. The molecule has 1 aliphatic heterocycles. The number of piperidine rings is 1. The van der Waals surface area contributed by atoms with Gasteiger partial charge in [0.15, 0.2) is 0 Å². The van der Waals surface area contributed by atoms with Crippen molar-refractivity contribution < 1.29 is 9.59 Å². The van der Waals surface area contributed by atoms with Crippen LogP contribution in [0.1, 0.15) is 24.0 Å². The number of hydrogen-bond acceptors (Lipinski definition) is 4. The Morgan fingerprint density at radius 2 is 1.97 bits per heavy atom. The van der Waals surface area contributed by atoms with E-state index in [9.17, 15) is 9.59 Å². The summed E-state index contributed by atoms with van der Waals surface area (Å²) in [5, 5.41) is 4.93. The van der Waals surface area contributed by atoms with E-state index in [1.54, 1.807) is 30.8 Å². The molecule has 3 heterocycles. The number of amides is 2. The molecular weight excluding hydrogens is 406 g/mol. The predicted molar refractivity (Wildman–Crippen MR) is 124 cm³/mol. The zero-order valence-electron chi connectivity index (χ0n) is 17.7. The van der Waals surface area contributed by atoms with Crippen molar-refractivity contribution in [1.82, 2.24) is 15.2 Å². The first-order valence-electron chi connectivity index (χ1n) is 10.6. The molecule has 6 heteroatoms. The molecule has 0 radical (unpaired) electrons. The highest BCUT2D eigenvalue weighted by Crippen LogP contribution is 2.35. The smallest absolute Gasteiger partial charge is 0.228 e. The van der Waals surface area contributed by atoms with E-state index >= 15 is 0 Å². The molecule has 0 saturated carbocycles. The molecule has 0 spiro atoms. The Morgan fingerprint density at radius 1 is 1.13 bits per heavy atom. The Labute approximate surface area is 187 Å². The van der Waals surface area contributed by atoms with Crippen LogP contribution in [0.2, 0.25) is 0 Å². The average molecular weight is 434 g/mol. The van der Waals surface area contributed by atoms with Gasteiger partial charge in [-0.25, -0.2) is 0 Å². The van der Waals surface area contributed by atoms with E-state index in [-0.39, 0.29) is 11.8 Å². The van der Waals surface area contributed by atoms with Gasteiger partial charge in [-0.05, 0) is 53.5 Å². The number of thiophene rings is 1. The Bertz CT molecular complexity index is 1020. The lowest BCUT2D eigenvalue weighted by Crippen LogP contribution is -2.54. The molecule has 3 aromatic rings. The maximum atomic E-state index is 13.0. The zero-order valence-corrected chi connectivity index (χ0v) is 18.5. The lowest BCUT2D eigenvalue weighted by molar-refractivity contribution is -0.141. The molecule has 2 amide bonds. The van der Waals surface area contributed by atoms with Crippen LogP contribution in [0.4, 0.5) is 0 Å². The second-order valence-corrected chi connectivity index (χ2v) is 9.12. The number of likely N-dealkylation sites (tertiary alicyclic amines) is 1. The van der Waals surface area contributed by atoms with E-state index in [4.69, 9.17) is 0 Å². The van der Waals surface area contributed by atoms with Crippen molar-refractivity contribution in [2.24, 2.45) is 5.41 Å². The van der Waals surface area contributed by atoms with Crippen LogP contribution in [0.25, 0.3) is 10.4 Å². The molecule has 0 aliphatic carbocycles. The minimum absolute atomic E-state index is 0.00807. The van der Waals surface area contributed by atoms with Crippen LogP contribution >= 0.6 is 11.3 Å². The average Bonchev–Trinajstić information content (AvgIpc) is 3.35. The summed E-state index contributed by atoms with van der Waals surface area (Å²) in [5.74, 6) is 0.0581. The Morgan fingerprint density at radius 3 is 2.65 bits per heavy atom. The van der Waals surface area contributed by atoms with E-state index in [2.05, 4.69) is 46.0 Å². The molecule has 1 atom stereocenters. The second kappa shape index (κ2) is 9.43. The number of carbonyl (C=O) groups excluding carboxylic acids is 2. The number of benzene rings is 1. The maximum absolute atomic E-state index is 13.0. The van der Waals surface area contributed by atoms with Gasteiger partial charge in [0.2, 0.25) is 11.8 Å². The van der Waals surface area contributed by atoms with Crippen molar-refractivity contribution in [2.75, 3.05) is 20.1 Å². The van der Waals surface area contributed by atoms with Gasteiger partial charge < -0.3 is 10.2 Å². The third-order valence-corrected chi connectivity index (χ3v) is 6.94. The molecule has 31 heavy (non-hydrogen) atoms. The van der Waals surface area contributed by atoms with Crippen molar-refractivity contribution in [3.05, 3.63) is 77.4 Å². The number of nitrogens with zero attached hydrogens (tertiary/aromatic N) is 2. The topological polar surface area (TPSA) is 62.3 Å². The molecule has 0 unspecified atom stereocenters. The SMILES string of the molecule is CNC(=O)[C@]1(Cc2ccc(-c3cccs3)cc2)CCCN(C(=O)Cc2cccnc2)C1. The maximum Gasteiger partial charge on any atom is 0.228 e. The highest BCUT2D eigenvalue weighted by atomic mass is 32.1. The Hall–Kier alpha value is -2.99. The molecule has 2 aromatic heterocycles. The number of rotatable bonds is 6. The summed E-state index contributed by atoms with van der Waals surface area (Å²) in [6.07, 6.45) is 5.95. The van der Waals surface area contributed by atoms with E-state index in [0.29, 0.717) is 25.9 Å². The quantitative estimate of drug-likeness (QED) is 0.640. The molecule has 1 aromatic carbocycles. The van der Waals surface area contributed by atoms with Crippen LogP contribution in [-0.2, 0) is 22.4 Å². The van der Waals surface area contributed by atoms with Gasteiger partial charge in [-0.2, -0.15) is 0 Å². The van der Waals surface area contributed by atoms with Crippen LogP contribution < -0.4 is 5.32 Å². The first-order chi connectivity index (χ1) is 15.1. The van der Waals surface area contributed by atoms with Gasteiger partial charge in [-0.1, -0.05) is 36.4 Å². The van der Waals surface area contributed by atoms with E-state index < -0.39 is 5.41 Å². The molecule has 4 rings (SSSR count). The normalized spacial score (nSPS) is 18.5. The first-order valence-corrected chi connectivity index (χ1v) is 11.5. The van der Waals surface area contributed by atoms with E-state index in [0.717, 1.165) is 24.0 Å². The van der Waals surface area contributed by atoms with Crippen molar-refractivity contribution in [1.29, 1.82) is 0 Å². The van der Waals surface area contributed by atoms with E-state index in [1.807, 2.05) is 23.1 Å². The molecule has 5 nitrogen and oxygen atoms in total. The van der Waals surface area contributed by atoms with Crippen LogP contribution in [0, 0.1) is 5.41 Å². The van der Waals surface area contributed by atoms with Gasteiger partial charge in [0.1, 0.15) is 0 Å². The van der Waals surface area contributed by atoms with Gasteiger partial charge in [0, 0.05) is 37.4 Å². The summed E-state index contributed by atoms with van der Waals surface area (Å²) >= 11 is 1.72. The molecular formula is C25H27N3O2S.